The fraction of sp³-hybridized carbons (Fsp3) is 0.478. The van der Waals surface area contributed by atoms with E-state index in [1.165, 1.54) is 4.31 Å². The molecule has 1 N–H and O–H groups in total. The maximum atomic E-state index is 13.5. The number of hydrogen-bond acceptors (Lipinski definition) is 6. The van der Waals surface area contributed by atoms with E-state index in [1.54, 1.807) is 32.2 Å². The summed E-state index contributed by atoms with van der Waals surface area (Å²) in [5.41, 5.74) is 1.79. The number of aliphatic hydroxyl groups excluding tert-OH is 1. The molecule has 31 heavy (non-hydrogen) atoms. The lowest BCUT2D eigenvalue weighted by Crippen LogP contribution is -2.49. The molecule has 0 saturated heterocycles. The second kappa shape index (κ2) is 9.56. The van der Waals surface area contributed by atoms with E-state index >= 15 is 0 Å². The van der Waals surface area contributed by atoms with Crippen LogP contribution in [0.4, 0.5) is 0 Å². The summed E-state index contributed by atoms with van der Waals surface area (Å²) in [6.07, 6.45) is -0.205. The molecule has 0 aromatic heterocycles. The van der Waals surface area contributed by atoms with Crippen LogP contribution in [0.5, 0.6) is 11.5 Å². The van der Waals surface area contributed by atoms with Crippen LogP contribution >= 0.6 is 0 Å². The number of aliphatic hydroxyl groups is 1. The molecule has 7 nitrogen and oxygen atoms in total. The van der Waals surface area contributed by atoms with Gasteiger partial charge >= 0.3 is 0 Å². The molecule has 1 aliphatic rings. The van der Waals surface area contributed by atoms with Gasteiger partial charge in [0.05, 0.1) is 13.7 Å². The Hall–Kier alpha value is -2.13. The van der Waals surface area contributed by atoms with Crippen LogP contribution in [0.3, 0.4) is 0 Å². The molecule has 170 valence electrons. The number of fused-ring (bicyclic) bond motifs is 1. The van der Waals surface area contributed by atoms with E-state index in [-0.39, 0.29) is 30.1 Å². The lowest BCUT2D eigenvalue weighted by molar-refractivity contribution is 0.0813. The number of hydrogen-bond donors (Lipinski definition) is 1. The van der Waals surface area contributed by atoms with Crippen molar-refractivity contribution in [1.29, 1.82) is 0 Å². The number of sulfonamides is 1. The zero-order valence-electron chi connectivity index (χ0n) is 18.8. The van der Waals surface area contributed by atoms with Gasteiger partial charge in [0, 0.05) is 25.0 Å². The predicted molar refractivity (Wildman–Crippen MR) is 121 cm³/mol. The van der Waals surface area contributed by atoms with Crippen molar-refractivity contribution in [3.8, 4) is 22.6 Å². The monoisotopic (exact) mass is 448 g/mol. The fourth-order valence-corrected chi connectivity index (χ4v) is 5.59. The minimum Gasteiger partial charge on any atom is -0.497 e. The van der Waals surface area contributed by atoms with E-state index < -0.39 is 16.1 Å². The number of nitrogens with zero attached hydrogens (tertiary/aromatic N) is 2. The summed E-state index contributed by atoms with van der Waals surface area (Å²) in [5, 5.41) is 9.71. The van der Waals surface area contributed by atoms with Crippen LogP contribution in [-0.2, 0) is 10.0 Å². The molecule has 2 aromatic rings. The summed E-state index contributed by atoms with van der Waals surface area (Å²) in [6, 6.07) is 12.2. The molecule has 3 atom stereocenters. The molecule has 1 aliphatic heterocycles. The third-order valence-corrected chi connectivity index (χ3v) is 7.66. The number of benzene rings is 2. The average molecular weight is 449 g/mol. The van der Waals surface area contributed by atoms with Gasteiger partial charge in [0.1, 0.15) is 22.5 Å². The van der Waals surface area contributed by atoms with Crippen LogP contribution in [0.15, 0.2) is 47.4 Å². The number of rotatable bonds is 6. The molecule has 0 bridgehead atoms. The van der Waals surface area contributed by atoms with Crippen LogP contribution in [0.1, 0.15) is 13.8 Å². The number of likely N-dealkylation sites (N-methyl/N-ethyl adjacent to an activating group) is 1. The van der Waals surface area contributed by atoms with E-state index in [1.807, 2.05) is 50.2 Å². The quantitative estimate of drug-likeness (QED) is 0.732. The van der Waals surface area contributed by atoms with Gasteiger partial charge < -0.3 is 19.5 Å². The van der Waals surface area contributed by atoms with Crippen LogP contribution in [0.2, 0.25) is 0 Å². The summed E-state index contributed by atoms with van der Waals surface area (Å²) in [4.78, 5) is 2.16. The van der Waals surface area contributed by atoms with Gasteiger partial charge in [-0.2, -0.15) is 4.31 Å². The second-order valence-corrected chi connectivity index (χ2v) is 10.3. The lowest BCUT2D eigenvalue weighted by atomic mass is 10.0. The van der Waals surface area contributed by atoms with E-state index in [2.05, 4.69) is 0 Å². The van der Waals surface area contributed by atoms with Crippen molar-refractivity contribution in [2.75, 3.05) is 40.9 Å². The van der Waals surface area contributed by atoms with E-state index in [9.17, 15) is 13.5 Å². The van der Waals surface area contributed by atoms with E-state index in [0.717, 1.165) is 16.9 Å². The molecule has 0 amide bonds. The predicted octanol–water partition coefficient (Wildman–Crippen LogP) is 2.69. The maximum absolute atomic E-state index is 13.5. The molecule has 2 aromatic carbocycles. The van der Waals surface area contributed by atoms with Gasteiger partial charge in [0.2, 0.25) is 10.0 Å². The van der Waals surface area contributed by atoms with E-state index in [4.69, 9.17) is 9.47 Å². The zero-order chi connectivity index (χ0) is 22.8. The number of ether oxygens (including phenoxy) is 2. The molecule has 1 heterocycles. The smallest absolute Gasteiger partial charge is 0.247 e. The highest BCUT2D eigenvalue weighted by Crippen LogP contribution is 2.36. The third kappa shape index (κ3) is 5.03. The normalized spacial score (nSPS) is 22.2. The molecule has 8 heteroatoms. The minimum absolute atomic E-state index is 0.0658. The Balaban J connectivity index is 2.12. The third-order valence-electron chi connectivity index (χ3n) is 5.64. The Bertz CT molecular complexity index is 992. The highest BCUT2D eigenvalue weighted by atomic mass is 32.2. The average Bonchev–Trinajstić information content (AvgIpc) is 2.75. The van der Waals surface area contributed by atoms with Crippen LogP contribution < -0.4 is 9.47 Å². The van der Waals surface area contributed by atoms with Crippen molar-refractivity contribution < 1.29 is 23.0 Å². The highest BCUT2D eigenvalue weighted by Gasteiger charge is 2.37. The Kier molecular flexibility index (Phi) is 7.26. The molecule has 0 saturated carbocycles. The van der Waals surface area contributed by atoms with Crippen LogP contribution in [0.25, 0.3) is 11.1 Å². The SMILES string of the molecule is COc1ccc(-c2ccc3c(c2)O[C@H](CN(C)C)[C@@H](C)CN([C@H](C)CO)S3(=O)=O)cc1. The fourth-order valence-electron chi connectivity index (χ4n) is 3.77. The molecule has 0 radical (unpaired) electrons. The van der Waals surface area contributed by atoms with Gasteiger partial charge in [-0.25, -0.2) is 8.42 Å². The maximum Gasteiger partial charge on any atom is 0.247 e. The summed E-state index contributed by atoms with van der Waals surface area (Å²) >= 11 is 0. The zero-order valence-corrected chi connectivity index (χ0v) is 19.6. The first-order chi connectivity index (χ1) is 14.7. The first-order valence-corrected chi connectivity index (χ1v) is 11.8. The minimum atomic E-state index is -3.83. The molecular formula is C23H32N2O5S. The Morgan fingerprint density at radius 3 is 2.42 bits per heavy atom. The lowest BCUT2D eigenvalue weighted by Gasteiger charge is -2.37. The molecule has 0 spiro atoms. The largest absolute Gasteiger partial charge is 0.497 e. The van der Waals surface area contributed by atoms with Crippen molar-refractivity contribution in [3.63, 3.8) is 0 Å². The molecule has 3 rings (SSSR count). The van der Waals surface area contributed by atoms with Crippen LogP contribution in [-0.4, -0.2) is 75.8 Å². The first-order valence-electron chi connectivity index (χ1n) is 10.4. The topological polar surface area (TPSA) is 79.3 Å². The summed E-state index contributed by atoms with van der Waals surface area (Å²) < 4.78 is 39.9. The molecular weight excluding hydrogens is 416 g/mol. The molecule has 0 aliphatic carbocycles. The van der Waals surface area contributed by atoms with Gasteiger partial charge in [-0.05, 0) is 56.4 Å². The summed E-state index contributed by atoms with van der Waals surface area (Å²) in [6.45, 7) is 4.39. The molecule has 0 unspecified atom stereocenters. The van der Waals surface area contributed by atoms with Crippen molar-refractivity contribution in [3.05, 3.63) is 42.5 Å². The Labute approximate surface area is 185 Å². The standard InChI is InChI=1S/C23H32N2O5S/c1-16-13-25(17(2)15-26)31(27,28)23-11-8-19(18-6-9-20(29-5)10-7-18)12-21(23)30-22(16)14-24(3)4/h6-12,16-17,22,26H,13-15H2,1-5H3/t16-,17+,22+/m0/s1. The van der Waals surface area contributed by atoms with Gasteiger partial charge in [-0.3, -0.25) is 0 Å². The summed E-state index contributed by atoms with van der Waals surface area (Å²) in [7, 11) is 1.71. The van der Waals surface area contributed by atoms with Crippen molar-refractivity contribution in [1.82, 2.24) is 9.21 Å². The highest BCUT2D eigenvalue weighted by molar-refractivity contribution is 7.89. The number of methoxy groups -OCH3 is 1. The van der Waals surface area contributed by atoms with Crippen LogP contribution in [0, 0.1) is 5.92 Å². The van der Waals surface area contributed by atoms with Gasteiger partial charge in [0.15, 0.2) is 0 Å². The summed E-state index contributed by atoms with van der Waals surface area (Å²) in [5.74, 6) is 1.02. The van der Waals surface area contributed by atoms with Crippen molar-refractivity contribution >= 4 is 10.0 Å². The molecule has 0 fully saturated rings. The van der Waals surface area contributed by atoms with E-state index in [0.29, 0.717) is 12.3 Å². The van der Waals surface area contributed by atoms with Gasteiger partial charge in [-0.1, -0.05) is 25.1 Å². The first kappa shape index (κ1) is 23.5. The van der Waals surface area contributed by atoms with Gasteiger partial charge in [0.25, 0.3) is 0 Å². The van der Waals surface area contributed by atoms with Crippen molar-refractivity contribution in [2.24, 2.45) is 5.92 Å². The Morgan fingerprint density at radius 1 is 1.19 bits per heavy atom. The Morgan fingerprint density at radius 2 is 1.84 bits per heavy atom. The van der Waals surface area contributed by atoms with Crippen molar-refractivity contribution in [2.45, 2.75) is 30.9 Å². The van der Waals surface area contributed by atoms with Gasteiger partial charge in [-0.15, -0.1) is 0 Å². The second-order valence-electron chi connectivity index (χ2n) is 8.39.